The molecule has 0 amide bonds. The van der Waals surface area contributed by atoms with Crippen LogP contribution >= 0.6 is 11.6 Å². The Kier molecular flexibility index (Phi) is 5.02. The van der Waals surface area contributed by atoms with E-state index in [2.05, 4.69) is 15.3 Å². The van der Waals surface area contributed by atoms with E-state index in [4.69, 9.17) is 11.6 Å². The van der Waals surface area contributed by atoms with Gasteiger partial charge in [0.25, 0.3) is 0 Å². The molecule has 106 valence electrons. The van der Waals surface area contributed by atoms with Crippen molar-refractivity contribution in [3.8, 4) is 0 Å². The summed E-state index contributed by atoms with van der Waals surface area (Å²) in [5.41, 5.74) is -1.37. The summed E-state index contributed by atoms with van der Waals surface area (Å²) < 4.78 is 0. The smallest absolute Gasteiger partial charge is 0.348 e. The first-order chi connectivity index (χ1) is 8.73. The summed E-state index contributed by atoms with van der Waals surface area (Å²) >= 11 is 5.66. The molecule has 1 atom stereocenters. The molecular formula is C11H17ClN4O3. The molecule has 0 spiro atoms. The van der Waals surface area contributed by atoms with Crippen molar-refractivity contribution < 1.29 is 10.0 Å². The third-order valence-electron chi connectivity index (χ3n) is 2.44. The highest BCUT2D eigenvalue weighted by molar-refractivity contribution is 6.31. The van der Waals surface area contributed by atoms with Gasteiger partial charge in [-0.05, 0) is 19.3 Å². The number of hydrogen-bond donors (Lipinski definition) is 2. The van der Waals surface area contributed by atoms with Crippen LogP contribution in [0.4, 0.5) is 11.5 Å². The first-order valence-electron chi connectivity index (χ1n) is 5.84. The Balaban J connectivity index is 2.84. The molecule has 8 heteroatoms. The molecule has 0 saturated heterocycles. The van der Waals surface area contributed by atoms with E-state index in [0.29, 0.717) is 12.3 Å². The van der Waals surface area contributed by atoms with Crippen LogP contribution in [0, 0.1) is 16.0 Å². The number of anilines is 1. The first-order valence-corrected chi connectivity index (χ1v) is 6.22. The quantitative estimate of drug-likeness (QED) is 0.473. The van der Waals surface area contributed by atoms with E-state index in [1.54, 1.807) is 6.92 Å². The van der Waals surface area contributed by atoms with E-state index in [-0.39, 0.29) is 23.2 Å². The summed E-state index contributed by atoms with van der Waals surface area (Å²) in [5.74, 6) is 0.315. The lowest BCUT2D eigenvalue weighted by molar-refractivity contribution is -0.384. The zero-order valence-electron chi connectivity index (χ0n) is 11.1. The third kappa shape index (κ3) is 4.60. The molecule has 1 aromatic rings. The minimum Gasteiger partial charge on any atom is -0.388 e. The summed E-state index contributed by atoms with van der Waals surface area (Å²) in [4.78, 5) is 17.6. The lowest BCUT2D eigenvalue weighted by Gasteiger charge is -2.25. The Morgan fingerprint density at radius 2 is 2.21 bits per heavy atom. The molecule has 0 bridgehead atoms. The van der Waals surface area contributed by atoms with Crippen LogP contribution in [0.15, 0.2) is 6.33 Å². The summed E-state index contributed by atoms with van der Waals surface area (Å²) in [6.45, 7) is 5.77. The third-order valence-corrected chi connectivity index (χ3v) is 2.72. The van der Waals surface area contributed by atoms with Gasteiger partial charge in [-0.15, -0.1) is 0 Å². The molecule has 0 aliphatic heterocycles. The maximum absolute atomic E-state index is 10.9. The summed E-state index contributed by atoms with van der Waals surface area (Å²) in [5, 5.41) is 23.5. The zero-order valence-corrected chi connectivity index (χ0v) is 11.8. The summed E-state index contributed by atoms with van der Waals surface area (Å²) in [7, 11) is 0. The monoisotopic (exact) mass is 288 g/mol. The van der Waals surface area contributed by atoms with Gasteiger partial charge in [0.1, 0.15) is 6.33 Å². The van der Waals surface area contributed by atoms with Gasteiger partial charge in [-0.2, -0.15) is 0 Å². The molecule has 0 aliphatic carbocycles. The van der Waals surface area contributed by atoms with Gasteiger partial charge in [0, 0.05) is 6.54 Å². The standard InChI is InChI=1S/C11H17ClN4O3/c1-7(2)4-11(3,17)5-13-10-8(16(18)19)9(12)14-6-15-10/h6-7,17H,4-5H2,1-3H3,(H,13,14,15). The second-order valence-corrected chi connectivity index (χ2v) is 5.43. The van der Waals surface area contributed by atoms with Crippen molar-refractivity contribution in [3.05, 3.63) is 21.6 Å². The van der Waals surface area contributed by atoms with Crippen molar-refractivity contribution in [2.75, 3.05) is 11.9 Å². The zero-order chi connectivity index (χ0) is 14.6. The van der Waals surface area contributed by atoms with E-state index in [9.17, 15) is 15.2 Å². The molecular weight excluding hydrogens is 272 g/mol. The fourth-order valence-electron chi connectivity index (χ4n) is 1.87. The molecule has 1 heterocycles. The van der Waals surface area contributed by atoms with Crippen LogP contribution in [0.25, 0.3) is 0 Å². The van der Waals surface area contributed by atoms with Gasteiger partial charge in [-0.3, -0.25) is 10.1 Å². The van der Waals surface area contributed by atoms with Crippen molar-refractivity contribution in [2.24, 2.45) is 5.92 Å². The number of halogens is 1. The molecule has 19 heavy (non-hydrogen) atoms. The first kappa shape index (κ1) is 15.6. The van der Waals surface area contributed by atoms with Crippen LogP contribution < -0.4 is 5.32 Å². The van der Waals surface area contributed by atoms with E-state index < -0.39 is 10.5 Å². The van der Waals surface area contributed by atoms with Gasteiger partial charge in [-0.1, -0.05) is 25.4 Å². The average molecular weight is 289 g/mol. The number of rotatable bonds is 6. The molecule has 0 aliphatic rings. The van der Waals surface area contributed by atoms with Gasteiger partial charge in [0.2, 0.25) is 11.0 Å². The van der Waals surface area contributed by atoms with E-state index >= 15 is 0 Å². The van der Waals surface area contributed by atoms with Crippen molar-refractivity contribution in [3.63, 3.8) is 0 Å². The highest BCUT2D eigenvalue weighted by Crippen LogP contribution is 2.29. The van der Waals surface area contributed by atoms with Crippen LogP contribution in [0.2, 0.25) is 5.15 Å². The van der Waals surface area contributed by atoms with Crippen LogP contribution in [-0.2, 0) is 0 Å². The Labute approximate surface area is 116 Å². The number of nitrogens with zero attached hydrogens (tertiary/aromatic N) is 3. The Bertz CT molecular complexity index is 465. The fourth-order valence-corrected chi connectivity index (χ4v) is 2.08. The van der Waals surface area contributed by atoms with Crippen LogP contribution in [-0.4, -0.2) is 32.1 Å². The molecule has 1 aromatic heterocycles. The fraction of sp³-hybridized carbons (Fsp3) is 0.636. The van der Waals surface area contributed by atoms with Crippen molar-refractivity contribution in [1.29, 1.82) is 0 Å². The second-order valence-electron chi connectivity index (χ2n) is 5.07. The molecule has 7 nitrogen and oxygen atoms in total. The Morgan fingerprint density at radius 3 is 2.74 bits per heavy atom. The van der Waals surface area contributed by atoms with E-state index in [0.717, 1.165) is 6.33 Å². The number of hydrogen-bond acceptors (Lipinski definition) is 6. The minimum atomic E-state index is -0.987. The summed E-state index contributed by atoms with van der Waals surface area (Å²) in [6, 6.07) is 0. The van der Waals surface area contributed by atoms with Crippen LogP contribution in [0.1, 0.15) is 27.2 Å². The van der Waals surface area contributed by atoms with Gasteiger partial charge in [-0.25, -0.2) is 9.97 Å². The maximum atomic E-state index is 10.9. The van der Waals surface area contributed by atoms with Crippen LogP contribution in [0.5, 0.6) is 0 Å². The molecule has 1 unspecified atom stereocenters. The Morgan fingerprint density at radius 1 is 1.58 bits per heavy atom. The average Bonchev–Trinajstić information content (AvgIpc) is 2.24. The topological polar surface area (TPSA) is 101 Å². The van der Waals surface area contributed by atoms with Gasteiger partial charge in [0.05, 0.1) is 10.5 Å². The highest BCUT2D eigenvalue weighted by atomic mass is 35.5. The van der Waals surface area contributed by atoms with Crippen molar-refractivity contribution >= 4 is 23.1 Å². The van der Waals surface area contributed by atoms with Crippen molar-refractivity contribution in [1.82, 2.24) is 9.97 Å². The van der Waals surface area contributed by atoms with Crippen molar-refractivity contribution in [2.45, 2.75) is 32.8 Å². The van der Waals surface area contributed by atoms with Gasteiger partial charge in [0.15, 0.2) is 0 Å². The van der Waals surface area contributed by atoms with E-state index in [1.165, 1.54) is 0 Å². The molecule has 0 fully saturated rings. The molecule has 1 rings (SSSR count). The number of nitro groups is 1. The normalized spacial score (nSPS) is 14.2. The van der Waals surface area contributed by atoms with E-state index in [1.807, 2.05) is 13.8 Å². The predicted molar refractivity (Wildman–Crippen MR) is 72.3 cm³/mol. The number of aliphatic hydroxyl groups is 1. The number of nitrogens with one attached hydrogen (secondary N) is 1. The second kappa shape index (κ2) is 6.12. The lowest BCUT2D eigenvalue weighted by Crippen LogP contribution is -2.35. The number of aromatic nitrogens is 2. The molecule has 0 aromatic carbocycles. The van der Waals surface area contributed by atoms with Crippen LogP contribution in [0.3, 0.4) is 0 Å². The maximum Gasteiger partial charge on any atom is 0.348 e. The highest BCUT2D eigenvalue weighted by Gasteiger charge is 2.26. The molecule has 0 saturated carbocycles. The summed E-state index contributed by atoms with van der Waals surface area (Å²) in [6.07, 6.45) is 1.70. The molecule has 2 N–H and O–H groups in total. The van der Waals surface area contributed by atoms with Gasteiger partial charge < -0.3 is 10.4 Å². The SMILES string of the molecule is CC(C)CC(C)(O)CNc1ncnc(Cl)c1[N+](=O)[O-]. The van der Waals surface area contributed by atoms with Gasteiger partial charge >= 0.3 is 5.69 Å². The lowest BCUT2D eigenvalue weighted by atomic mass is 9.94. The largest absolute Gasteiger partial charge is 0.388 e. The Hall–Kier alpha value is -1.47. The predicted octanol–water partition coefficient (Wildman–Crippen LogP) is 2.25. The molecule has 0 radical (unpaired) electrons. The minimum absolute atomic E-state index is 0.00836.